The molecule has 2 aromatic rings. The lowest BCUT2D eigenvalue weighted by Crippen LogP contribution is -1.98. The summed E-state index contributed by atoms with van der Waals surface area (Å²) in [5.41, 5.74) is 1.05. The van der Waals surface area contributed by atoms with E-state index in [0.29, 0.717) is 17.0 Å². The van der Waals surface area contributed by atoms with E-state index in [1.807, 2.05) is 24.3 Å². The van der Waals surface area contributed by atoms with Crippen molar-refractivity contribution in [3.05, 3.63) is 50.3 Å². The lowest BCUT2D eigenvalue weighted by Gasteiger charge is -2.06. The highest BCUT2D eigenvalue weighted by Gasteiger charge is 2.05. The van der Waals surface area contributed by atoms with Crippen LogP contribution in [0.5, 0.6) is 5.88 Å². The topological polar surface area (TPSA) is 35.0 Å². The first kappa shape index (κ1) is 12.8. The monoisotopic (exact) mass is 376 g/mol. The number of hydrogen-bond acceptors (Lipinski definition) is 3. The Morgan fingerprint density at radius 1 is 1.18 bits per heavy atom. The molecule has 1 heterocycles. The van der Waals surface area contributed by atoms with Crippen molar-refractivity contribution in [1.82, 2.24) is 9.97 Å². The van der Waals surface area contributed by atoms with Gasteiger partial charge in [-0.2, -0.15) is 4.98 Å². The number of ether oxygens (including phenoxy) is 1. The third-order valence-electron chi connectivity index (χ3n) is 1.97. The van der Waals surface area contributed by atoms with E-state index < -0.39 is 0 Å². The smallest absolute Gasteiger partial charge is 0.232 e. The van der Waals surface area contributed by atoms with Crippen LogP contribution in [0.4, 0.5) is 0 Å². The van der Waals surface area contributed by atoms with Crippen LogP contribution in [-0.4, -0.2) is 9.97 Å². The highest BCUT2D eigenvalue weighted by atomic mass is 79.9. The zero-order valence-electron chi connectivity index (χ0n) is 8.53. The fraction of sp³-hybridized carbons (Fsp3) is 0.0909. The quantitative estimate of drug-likeness (QED) is 0.750. The molecule has 0 bridgehead atoms. The molecule has 88 valence electrons. The van der Waals surface area contributed by atoms with E-state index in [0.717, 1.165) is 10.0 Å². The normalized spacial score (nSPS) is 10.3. The predicted octanol–water partition coefficient (Wildman–Crippen LogP) is 4.23. The summed E-state index contributed by atoms with van der Waals surface area (Å²) in [6.07, 6.45) is 1.56. The Morgan fingerprint density at radius 3 is 2.59 bits per heavy atom. The van der Waals surface area contributed by atoms with E-state index in [4.69, 9.17) is 16.3 Å². The van der Waals surface area contributed by atoms with Gasteiger partial charge in [0.05, 0.1) is 4.47 Å². The molecule has 3 nitrogen and oxygen atoms in total. The van der Waals surface area contributed by atoms with Gasteiger partial charge in [-0.1, -0.05) is 28.1 Å². The number of halogens is 3. The molecule has 1 aromatic carbocycles. The van der Waals surface area contributed by atoms with Gasteiger partial charge in [-0.05, 0) is 45.2 Å². The minimum absolute atomic E-state index is 0.166. The van der Waals surface area contributed by atoms with E-state index in [1.54, 1.807) is 6.20 Å². The van der Waals surface area contributed by atoms with E-state index in [9.17, 15) is 0 Å². The molecule has 2 rings (SSSR count). The largest absolute Gasteiger partial charge is 0.472 e. The van der Waals surface area contributed by atoms with Crippen molar-refractivity contribution < 1.29 is 4.74 Å². The Morgan fingerprint density at radius 2 is 1.88 bits per heavy atom. The highest BCUT2D eigenvalue weighted by Crippen LogP contribution is 2.23. The van der Waals surface area contributed by atoms with Gasteiger partial charge in [-0.15, -0.1) is 0 Å². The summed E-state index contributed by atoms with van der Waals surface area (Å²) in [6, 6.07) is 7.86. The molecule has 0 aliphatic carbocycles. The maximum atomic E-state index is 5.69. The molecule has 17 heavy (non-hydrogen) atoms. The lowest BCUT2D eigenvalue weighted by atomic mass is 10.2. The molecule has 0 aliphatic rings. The van der Waals surface area contributed by atoms with Crippen molar-refractivity contribution in [2.75, 3.05) is 0 Å². The minimum atomic E-state index is 0.166. The first-order valence-electron chi connectivity index (χ1n) is 4.70. The predicted molar refractivity (Wildman–Crippen MR) is 73.2 cm³/mol. The van der Waals surface area contributed by atoms with Gasteiger partial charge < -0.3 is 4.74 Å². The lowest BCUT2D eigenvalue weighted by molar-refractivity contribution is 0.291. The van der Waals surface area contributed by atoms with Gasteiger partial charge >= 0.3 is 0 Å². The molecule has 1 aromatic heterocycles. The molecule has 0 amide bonds. The molecular formula is C11H7Br2ClN2O. The van der Waals surface area contributed by atoms with Gasteiger partial charge in [0.2, 0.25) is 11.2 Å². The van der Waals surface area contributed by atoms with Crippen molar-refractivity contribution in [3.63, 3.8) is 0 Å². The zero-order chi connectivity index (χ0) is 12.3. The van der Waals surface area contributed by atoms with Crippen molar-refractivity contribution >= 4 is 43.5 Å². The summed E-state index contributed by atoms with van der Waals surface area (Å²) < 4.78 is 7.26. The van der Waals surface area contributed by atoms with Crippen LogP contribution in [0.1, 0.15) is 5.56 Å². The zero-order valence-corrected chi connectivity index (χ0v) is 12.5. The molecule has 0 atom stereocenters. The fourth-order valence-electron chi connectivity index (χ4n) is 1.16. The van der Waals surface area contributed by atoms with E-state index in [-0.39, 0.29) is 5.28 Å². The second kappa shape index (κ2) is 5.80. The molecule has 0 unspecified atom stereocenters. The number of nitrogens with zero attached hydrogens (tertiary/aromatic N) is 2. The van der Waals surface area contributed by atoms with Crippen LogP contribution in [0, 0.1) is 0 Å². The van der Waals surface area contributed by atoms with Crippen molar-refractivity contribution in [2.45, 2.75) is 6.61 Å². The molecule has 0 aliphatic heterocycles. The van der Waals surface area contributed by atoms with Crippen LogP contribution in [-0.2, 0) is 6.61 Å². The molecular weight excluding hydrogens is 371 g/mol. The Kier molecular flexibility index (Phi) is 4.36. The van der Waals surface area contributed by atoms with Crippen LogP contribution >= 0.6 is 43.5 Å². The third kappa shape index (κ3) is 3.66. The van der Waals surface area contributed by atoms with Crippen molar-refractivity contribution in [3.8, 4) is 5.88 Å². The van der Waals surface area contributed by atoms with Gasteiger partial charge in [0.1, 0.15) is 6.61 Å². The van der Waals surface area contributed by atoms with Crippen LogP contribution in [0.15, 0.2) is 39.4 Å². The molecule has 0 radical (unpaired) electrons. The van der Waals surface area contributed by atoms with Crippen molar-refractivity contribution in [2.24, 2.45) is 0 Å². The first-order valence-corrected chi connectivity index (χ1v) is 6.67. The van der Waals surface area contributed by atoms with Crippen molar-refractivity contribution in [1.29, 1.82) is 0 Å². The van der Waals surface area contributed by atoms with E-state index in [1.165, 1.54) is 0 Å². The van der Waals surface area contributed by atoms with Gasteiger partial charge in [0.25, 0.3) is 0 Å². The van der Waals surface area contributed by atoms with Gasteiger partial charge in [0.15, 0.2) is 0 Å². The van der Waals surface area contributed by atoms with E-state index >= 15 is 0 Å². The molecule has 0 fully saturated rings. The van der Waals surface area contributed by atoms with Gasteiger partial charge in [0, 0.05) is 10.7 Å². The fourth-order valence-corrected chi connectivity index (χ4v) is 1.86. The Bertz CT molecular complexity index is 519. The molecule has 0 saturated carbocycles. The second-order valence-corrected chi connectivity index (χ2v) is 5.32. The summed E-state index contributed by atoms with van der Waals surface area (Å²) >= 11 is 12.4. The highest BCUT2D eigenvalue weighted by molar-refractivity contribution is 9.10. The third-order valence-corrected chi connectivity index (χ3v) is 3.23. The van der Waals surface area contributed by atoms with Crippen LogP contribution in [0.3, 0.4) is 0 Å². The maximum Gasteiger partial charge on any atom is 0.232 e. The Hall–Kier alpha value is -0.650. The molecule has 0 N–H and O–H groups in total. The van der Waals surface area contributed by atoms with Crippen LogP contribution in [0.2, 0.25) is 5.28 Å². The number of hydrogen-bond donors (Lipinski definition) is 0. The number of benzene rings is 1. The number of rotatable bonds is 3. The molecule has 0 spiro atoms. The summed E-state index contributed by atoms with van der Waals surface area (Å²) in [5.74, 6) is 0.438. The average molecular weight is 378 g/mol. The first-order chi connectivity index (χ1) is 8.15. The van der Waals surface area contributed by atoms with Gasteiger partial charge in [-0.25, -0.2) is 4.98 Å². The van der Waals surface area contributed by atoms with Crippen LogP contribution < -0.4 is 4.74 Å². The molecule has 0 saturated heterocycles. The van der Waals surface area contributed by atoms with Crippen LogP contribution in [0.25, 0.3) is 0 Å². The second-order valence-electron chi connectivity index (χ2n) is 3.21. The SMILES string of the molecule is Clc1ncc(Br)c(OCc2ccc(Br)cc2)n1. The Labute approximate surface area is 120 Å². The minimum Gasteiger partial charge on any atom is -0.472 e. The summed E-state index contributed by atoms with van der Waals surface area (Å²) in [4.78, 5) is 7.81. The maximum absolute atomic E-state index is 5.69. The standard InChI is InChI=1S/C11H7Br2ClN2O/c12-8-3-1-7(2-4-8)6-17-10-9(13)5-15-11(14)16-10/h1-5H,6H2. The summed E-state index contributed by atoms with van der Waals surface area (Å²) in [7, 11) is 0. The average Bonchev–Trinajstić information content (AvgIpc) is 2.32. The van der Waals surface area contributed by atoms with E-state index in [2.05, 4.69) is 41.8 Å². The Balaban J connectivity index is 2.07. The number of aromatic nitrogens is 2. The summed E-state index contributed by atoms with van der Waals surface area (Å²) in [5, 5.41) is 0.166. The van der Waals surface area contributed by atoms with Gasteiger partial charge in [-0.3, -0.25) is 0 Å². The molecule has 6 heteroatoms. The summed E-state index contributed by atoms with van der Waals surface area (Å²) in [6.45, 7) is 0.430.